The van der Waals surface area contributed by atoms with Gasteiger partial charge < -0.3 is 9.47 Å². The van der Waals surface area contributed by atoms with E-state index in [0.717, 1.165) is 13.0 Å². The second-order valence-electron chi connectivity index (χ2n) is 3.14. The minimum atomic E-state index is 0.324. The molecule has 1 aliphatic heterocycles. The van der Waals surface area contributed by atoms with Crippen LogP contribution in [0, 0.1) is 5.92 Å². The quantitative estimate of drug-likeness (QED) is 0.584. The maximum atomic E-state index is 5.49. The summed E-state index contributed by atoms with van der Waals surface area (Å²) < 4.78 is 10.8. The molecule has 0 unspecified atom stereocenters. The number of methoxy groups -OCH3 is 1. The van der Waals surface area contributed by atoms with E-state index in [2.05, 4.69) is 13.8 Å². The van der Waals surface area contributed by atoms with Crippen LogP contribution in [0.3, 0.4) is 0 Å². The van der Waals surface area contributed by atoms with Crippen LogP contribution in [-0.4, -0.2) is 25.9 Å². The predicted octanol–water partition coefficient (Wildman–Crippen LogP) is 1.45. The molecule has 0 saturated carbocycles. The highest BCUT2D eigenvalue weighted by atomic mass is 16.5. The van der Waals surface area contributed by atoms with Gasteiger partial charge in [0.1, 0.15) is 0 Å². The van der Waals surface area contributed by atoms with Crippen molar-refractivity contribution in [2.24, 2.45) is 5.92 Å². The number of hydrogen-bond donors (Lipinski definition) is 0. The lowest BCUT2D eigenvalue weighted by Gasteiger charge is -2.20. The van der Waals surface area contributed by atoms with E-state index < -0.39 is 0 Å². The normalized spacial score (nSPS) is 33.6. The molecule has 1 saturated heterocycles. The molecule has 0 aromatic rings. The van der Waals surface area contributed by atoms with Crippen molar-refractivity contribution in [2.45, 2.75) is 32.5 Å². The first kappa shape index (κ1) is 8.02. The third kappa shape index (κ3) is 1.50. The Hall–Kier alpha value is -0.0800. The van der Waals surface area contributed by atoms with Gasteiger partial charge in [-0.2, -0.15) is 0 Å². The van der Waals surface area contributed by atoms with Crippen LogP contribution in [0.1, 0.15) is 20.3 Å². The molecule has 2 nitrogen and oxygen atoms in total. The molecule has 2 atom stereocenters. The Labute approximate surface area is 62.5 Å². The summed E-state index contributed by atoms with van der Waals surface area (Å²) in [6.07, 6.45) is 1.71. The van der Waals surface area contributed by atoms with Gasteiger partial charge in [0, 0.05) is 13.7 Å². The summed E-state index contributed by atoms with van der Waals surface area (Å²) in [5, 5.41) is 0. The molecule has 0 bridgehead atoms. The number of hydrogen-bond acceptors (Lipinski definition) is 2. The van der Waals surface area contributed by atoms with Gasteiger partial charge in [-0.05, 0) is 12.3 Å². The summed E-state index contributed by atoms with van der Waals surface area (Å²) in [5.74, 6) is 0.576. The topological polar surface area (TPSA) is 18.5 Å². The van der Waals surface area contributed by atoms with Gasteiger partial charge in [0.25, 0.3) is 0 Å². The molecular weight excluding hydrogens is 128 g/mol. The van der Waals surface area contributed by atoms with Gasteiger partial charge in [0.15, 0.2) is 0 Å². The molecule has 0 aromatic heterocycles. The van der Waals surface area contributed by atoms with E-state index in [1.807, 2.05) is 0 Å². The summed E-state index contributed by atoms with van der Waals surface area (Å²) in [4.78, 5) is 0. The minimum absolute atomic E-state index is 0.324. The van der Waals surface area contributed by atoms with Crippen molar-refractivity contribution in [2.75, 3.05) is 13.7 Å². The fourth-order valence-electron chi connectivity index (χ4n) is 1.47. The summed E-state index contributed by atoms with van der Waals surface area (Å²) >= 11 is 0. The van der Waals surface area contributed by atoms with Crippen LogP contribution >= 0.6 is 0 Å². The maximum absolute atomic E-state index is 5.49. The monoisotopic (exact) mass is 144 g/mol. The maximum Gasteiger partial charge on any atom is 0.0860 e. The zero-order valence-electron chi connectivity index (χ0n) is 6.96. The summed E-state index contributed by atoms with van der Waals surface area (Å²) in [5.41, 5.74) is 0. The van der Waals surface area contributed by atoms with E-state index in [4.69, 9.17) is 9.47 Å². The van der Waals surface area contributed by atoms with Crippen LogP contribution < -0.4 is 0 Å². The first-order valence-electron chi connectivity index (χ1n) is 3.90. The van der Waals surface area contributed by atoms with Crippen molar-refractivity contribution < 1.29 is 9.47 Å². The lowest BCUT2D eigenvalue weighted by molar-refractivity contribution is -0.00915. The van der Waals surface area contributed by atoms with E-state index in [-0.39, 0.29) is 0 Å². The van der Waals surface area contributed by atoms with Gasteiger partial charge in [-0.15, -0.1) is 0 Å². The summed E-state index contributed by atoms with van der Waals surface area (Å²) in [7, 11) is 1.76. The molecule has 1 fully saturated rings. The van der Waals surface area contributed by atoms with Crippen molar-refractivity contribution in [3.05, 3.63) is 0 Å². The molecule has 0 amide bonds. The lowest BCUT2D eigenvalue weighted by Crippen LogP contribution is -2.28. The fourth-order valence-corrected chi connectivity index (χ4v) is 1.47. The molecule has 0 N–H and O–H groups in total. The molecule has 1 rings (SSSR count). The Morgan fingerprint density at radius 3 is 2.60 bits per heavy atom. The first-order chi connectivity index (χ1) is 4.75. The zero-order valence-corrected chi connectivity index (χ0v) is 6.96. The van der Waals surface area contributed by atoms with Gasteiger partial charge in [-0.25, -0.2) is 0 Å². The van der Waals surface area contributed by atoms with Crippen molar-refractivity contribution in [1.82, 2.24) is 0 Å². The van der Waals surface area contributed by atoms with Crippen LogP contribution in [-0.2, 0) is 9.47 Å². The highest BCUT2D eigenvalue weighted by Crippen LogP contribution is 2.22. The van der Waals surface area contributed by atoms with Gasteiger partial charge in [0.2, 0.25) is 0 Å². The van der Waals surface area contributed by atoms with Crippen LogP contribution in [0.2, 0.25) is 0 Å². The molecule has 2 heteroatoms. The van der Waals surface area contributed by atoms with Gasteiger partial charge in [0.05, 0.1) is 12.2 Å². The average Bonchev–Trinajstić information content (AvgIpc) is 2.33. The van der Waals surface area contributed by atoms with Gasteiger partial charge >= 0.3 is 0 Å². The minimum Gasteiger partial charge on any atom is -0.379 e. The highest BCUT2D eigenvalue weighted by molar-refractivity contribution is 4.78. The van der Waals surface area contributed by atoms with Gasteiger partial charge in [-0.1, -0.05) is 13.8 Å². The molecule has 1 aliphatic rings. The molecular formula is C8H16O2. The van der Waals surface area contributed by atoms with Crippen LogP contribution in [0.5, 0.6) is 0 Å². The molecule has 0 aromatic carbocycles. The second kappa shape index (κ2) is 3.35. The largest absolute Gasteiger partial charge is 0.379 e. The fraction of sp³-hybridized carbons (Fsp3) is 1.00. The van der Waals surface area contributed by atoms with Crippen molar-refractivity contribution >= 4 is 0 Å². The SMILES string of the molecule is CO[C@H]1CCO[C@H]1C(C)C. The van der Waals surface area contributed by atoms with E-state index in [0.29, 0.717) is 18.1 Å². The van der Waals surface area contributed by atoms with E-state index >= 15 is 0 Å². The van der Waals surface area contributed by atoms with Crippen molar-refractivity contribution in [1.29, 1.82) is 0 Å². The molecule has 0 spiro atoms. The smallest absolute Gasteiger partial charge is 0.0860 e. The Balaban J connectivity index is 2.42. The Morgan fingerprint density at radius 1 is 1.50 bits per heavy atom. The van der Waals surface area contributed by atoms with Crippen LogP contribution in [0.15, 0.2) is 0 Å². The van der Waals surface area contributed by atoms with Crippen molar-refractivity contribution in [3.8, 4) is 0 Å². The third-order valence-corrected chi connectivity index (χ3v) is 2.04. The van der Waals surface area contributed by atoms with Crippen molar-refractivity contribution in [3.63, 3.8) is 0 Å². The molecule has 60 valence electrons. The van der Waals surface area contributed by atoms with Crippen LogP contribution in [0.25, 0.3) is 0 Å². The molecule has 1 heterocycles. The van der Waals surface area contributed by atoms with E-state index in [1.165, 1.54) is 0 Å². The van der Waals surface area contributed by atoms with E-state index in [1.54, 1.807) is 7.11 Å². The Morgan fingerprint density at radius 2 is 2.20 bits per heavy atom. The van der Waals surface area contributed by atoms with E-state index in [9.17, 15) is 0 Å². The average molecular weight is 144 g/mol. The van der Waals surface area contributed by atoms with Gasteiger partial charge in [-0.3, -0.25) is 0 Å². The number of ether oxygens (including phenoxy) is 2. The zero-order chi connectivity index (χ0) is 7.56. The standard InChI is InChI=1S/C8H16O2/c1-6(2)8-7(9-3)4-5-10-8/h6-8H,4-5H2,1-3H3/t7-,8-/m0/s1. The molecule has 10 heavy (non-hydrogen) atoms. The van der Waals surface area contributed by atoms with Crippen LogP contribution in [0.4, 0.5) is 0 Å². The number of rotatable bonds is 2. The summed E-state index contributed by atoms with van der Waals surface area (Å²) in [6.45, 7) is 5.20. The first-order valence-corrected chi connectivity index (χ1v) is 3.90. The summed E-state index contributed by atoms with van der Waals surface area (Å²) in [6, 6.07) is 0. The predicted molar refractivity (Wildman–Crippen MR) is 40.0 cm³/mol. The lowest BCUT2D eigenvalue weighted by atomic mass is 10.0. The molecule has 0 radical (unpaired) electrons. The third-order valence-electron chi connectivity index (χ3n) is 2.04. The second-order valence-corrected chi connectivity index (χ2v) is 3.14. The Kier molecular flexibility index (Phi) is 2.69. The highest BCUT2D eigenvalue weighted by Gasteiger charge is 2.30. The Bertz CT molecular complexity index is 101. The molecule has 0 aliphatic carbocycles.